The molecule has 0 saturated carbocycles. The quantitative estimate of drug-likeness (QED) is 0.0975. The number of fused-ring (bicyclic) bond motifs is 6. The standard InChI is InChI=1S/C66H40F7N/c1-3-39-13-21-43(22-14-39)65(45-33-59(68)63(72)60(69)34-45)55-11-7-5-9-51(55)53-31-29-49(37-57(53)65)74(48-27-19-42(20-28-48)41-17-25-47(67)26-18-41)50-30-32-54-52-10-6-8-12-56(52)66(58(54)38-50,44-23-15-40(4-2)16-24-44)46-35-61(70)64(73)62(71)36-46/h3-38H,1-2H2. The normalized spacial score (nSPS) is 16.0. The summed E-state index contributed by atoms with van der Waals surface area (Å²) in [4.78, 5) is 2.02. The molecule has 2 atom stereocenters. The second kappa shape index (κ2) is 17.6. The van der Waals surface area contributed by atoms with Gasteiger partial charge in [-0.15, -0.1) is 0 Å². The maximum Gasteiger partial charge on any atom is 0.194 e. The summed E-state index contributed by atoms with van der Waals surface area (Å²) < 4.78 is 107. The van der Waals surface area contributed by atoms with Gasteiger partial charge in [0.05, 0.1) is 10.8 Å². The maximum atomic E-state index is 15.8. The zero-order chi connectivity index (χ0) is 51.0. The van der Waals surface area contributed by atoms with Gasteiger partial charge in [0.15, 0.2) is 34.9 Å². The lowest BCUT2D eigenvalue weighted by molar-refractivity contribution is 0.443. The van der Waals surface area contributed by atoms with Crippen molar-refractivity contribution in [2.24, 2.45) is 0 Å². The van der Waals surface area contributed by atoms with Crippen LogP contribution in [0, 0.1) is 40.7 Å². The zero-order valence-electron chi connectivity index (χ0n) is 39.3. The summed E-state index contributed by atoms with van der Waals surface area (Å²) in [7, 11) is 0. The largest absolute Gasteiger partial charge is 0.310 e. The number of nitrogens with zero attached hydrogens (tertiary/aromatic N) is 1. The van der Waals surface area contributed by atoms with Crippen molar-refractivity contribution in [2.75, 3.05) is 4.90 Å². The van der Waals surface area contributed by atoms with Crippen molar-refractivity contribution in [3.05, 3.63) is 316 Å². The third kappa shape index (κ3) is 6.92. The molecular formula is C66H40F7N. The van der Waals surface area contributed by atoms with Gasteiger partial charge in [-0.3, -0.25) is 0 Å². The van der Waals surface area contributed by atoms with E-state index in [9.17, 15) is 4.39 Å². The van der Waals surface area contributed by atoms with Crippen molar-refractivity contribution >= 4 is 29.2 Å². The molecule has 0 saturated heterocycles. The minimum absolute atomic E-state index is 0.167. The fourth-order valence-electron chi connectivity index (χ4n) is 11.6. The monoisotopic (exact) mass is 979 g/mol. The van der Waals surface area contributed by atoms with E-state index >= 15 is 26.3 Å². The van der Waals surface area contributed by atoms with Crippen molar-refractivity contribution in [3.8, 4) is 33.4 Å². The van der Waals surface area contributed by atoms with E-state index in [4.69, 9.17) is 0 Å². The molecule has 1 nitrogen and oxygen atoms in total. The molecule has 0 heterocycles. The molecule has 0 N–H and O–H groups in total. The maximum absolute atomic E-state index is 15.8. The minimum Gasteiger partial charge on any atom is -0.310 e. The van der Waals surface area contributed by atoms with E-state index < -0.39 is 45.7 Å². The molecule has 0 fully saturated rings. The first kappa shape index (κ1) is 46.1. The molecule has 2 aliphatic carbocycles. The Morgan fingerprint density at radius 1 is 0.324 bits per heavy atom. The van der Waals surface area contributed by atoms with Crippen LogP contribution in [0.15, 0.2) is 219 Å². The predicted octanol–water partition coefficient (Wildman–Crippen LogP) is 17.8. The van der Waals surface area contributed by atoms with Crippen LogP contribution in [-0.2, 0) is 10.8 Å². The molecule has 8 heteroatoms. The average molecular weight is 980 g/mol. The van der Waals surface area contributed by atoms with Crippen LogP contribution in [0.25, 0.3) is 45.5 Å². The molecule has 0 spiro atoms. The van der Waals surface area contributed by atoms with Crippen LogP contribution in [0.4, 0.5) is 47.8 Å². The number of hydrogen-bond acceptors (Lipinski definition) is 1. The van der Waals surface area contributed by atoms with Gasteiger partial charge in [0.2, 0.25) is 0 Å². The van der Waals surface area contributed by atoms with Crippen molar-refractivity contribution in [1.29, 1.82) is 0 Å². The van der Waals surface area contributed by atoms with Crippen LogP contribution >= 0.6 is 0 Å². The Kier molecular flexibility index (Phi) is 11.0. The lowest BCUT2D eigenvalue weighted by atomic mass is 9.67. The molecule has 12 rings (SSSR count). The highest BCUT2D eigenvalue weighted by atomic mass is 19.2. The van der Waals surface area contributed by atoms with Gasteiger partial charge < -0.3 is 4.90 Å². The van der Waals surface area contributed by atoms with Gasteiger partial charge in [-0.2, -0.15) is 0 Å². The minimum atomic E-state index is -1.58. The first-order valence-corrected chi connectivity index (χ1v) is 23.9. The van der Waals surface area contributed by atoms with Crippen LogP contribution < -0.4 is 4.90 Å². The molecule has 358 valence electrons. The Balaban J connectivity index is 1.15. The second-order valence-corrected chi connectivity index (χ2v) is 18.6. The third-order valence-electron chi connectivity index (χ3n) is 14.9. The molecule has 0 aromatic heterocycles. The molecule has 2 unspecified atom stereocenters. The van der Waals surface area contributed by atoms with Crippen molar-refractivity contribution in [1.82, 2.24) is 0 Å². The van der Waals surface area contributed by atoms with Crippen LogP contribution in [0.2, 0.25) is 0 Å². The lowest BCUT2D eigenvalue weighted by Crippen LogP contribution is -2.30. The van der Waals surface area contributed by atoms with Crippen LogP contribution in [0.5, 0.6) is 0 Å². The molecule has 74 heavy (non-hydrogen) atoms. The van der Waals surface area contributed by atoms with Crippen LogP contribution in [0.3, 0.4) is 0 Å². The SMILES string of the molecule is C=Cc1ccc(C2(c3cc(F)c(F)c(F)c3)c3ccccc3-c3ccc(N(c4ccc(-c5ccc(F)cc5)cc4)c4ccc5c(c4)C(c4ccc(C=C)cc4)(c4cc(F)c(F)c(F)c4)c4ccccc4-5)cc32)cc1. The van der Waals surface area contributed by atoms with Crippen molar-refractivity contribution < 1.29 is 30.7 Å². The Labute approximate surface area is 423 Å². The number of halogens is 7. The lowest BCUT2D eigenvalue weighted by Gasteiger charge is -2.36. The summed E-state index contributed by atoms with van der Waals surface area (Å²) in [6.45, 7) is 7.87. The summed E-state index contributed by atoms with van der Waals surface area (Å²) in [5.41, 5.74) is 9.91. The fourth-order valence-corrected chi connectivity index (χ4v) is 11.6. The molecule has 10 aromatic carbocycles. The van der Waals surface area contributed by atoms with Gasteiger partial charge in [-0.05, 0) is 162 Å². The summed E-state index contributed by atoms with van der Waals surface area (Å²) in [6.07, 6.45) is 3.40. The molecule has 0 amide bonds. The predicted molar refractivity (Wildman–Crippen MR) is 281 cm³/mol. The van der Waals surface area contributed by atoms with E-state index in [1.54, 1.807) is 24.3 Å². The van der Waals surface area contributed by atoms with Crippen LogP contribution in [-0.4, -0.2) is 0 Å². The van der Waals surface area contributed by atoms with E-state index in [1.165, 1.54) is 12.1 Å². The Morgan fingerprint density at radius 3 is 1.07 bits per heavy atom. The molecule has 0 radical (unpaired) electrons. The zero-order valence-corrected chi connectivity index (χ0v) is 39.3. The fraction of sp³-hybridized carbons (Fsp3) is 0.0303. The first-order valence-electron chi connectivity index (χ1n) is 23.9. The number of rotatable bonds is 10. The molecular weight excluding hydrogens is 940 g/mol. The summed E-state index contributed by atoms with van der Waals surface area (Å²) in [6, 6.07) is 60.3. The Hall–Kier alpha value is -9.01. The van der Waals surface area contributed by atoms with E-state index in [2.05, 4.69) is 13.2 Å². The second-order valence-electron chi connectivity index (χ2n) is 18.6. The highest BCUT2D eigenvalue weighted by Crippen LogP contribution is 2.60. The third-order valence-corrected chi connectivity index (χ3v) is 14.9. The summed E-state index contributed by atoms with van der Waals surface area (Å²) >= 11 is 0. The molecule has 0 bridgehead atoms. The highest BCUT2D eigenvalue weighted by Gasteiger charge is 2.49. The van der Waals surface area contributed by atoms with E-state index in [0.29, 0.717) is 39.3 Å². The van der Waals surface area contributed by atoms with Crippen molar-refractivity contribution in [3.63, 3.8) is 0 Å². The summed E-state index contributed by atoms with van der Waals surface area (Å²) in [5.74, 6) is -8.89. The topological polar surface area (TPSA) is 3.24 Å². The van der Waals surface area contributed by atoms with E-state index in [-0.39, 0.29) is 16.9 Å². The van der Waals surface area contributed by atoms with Gasteiger partial charge in [0.1, 0.15) is 5.82 Å². The highest BCUT2D eigenvalue weighted by molar-refractivity contribution is 5.92. The average Bonchev–Trinajstić information content (AvgIpc) is 3.90. The molecule has 0 aliphatic heterocycles. The van der Waals surface area contributed by atoms with Gasteiger partial charge in [-0.25, -0.2) is 30.7 Å². The van der Waals surface area contributed by atoms with Gasteiger partial charge in [0, 0.05) is 17.1 Å². The van der Waals surface area contributed by atoms with E-state index in [0.717, 1.165) is 79.9 Å². The number of anilines is 3. The van der Waals surface area contributed by atoms with Gasteiger partial charge in [0.25, 0.3) is 0 Å². The number of hydrogen-bond donors (Lipinski definition) is 0. The number of benzene rings is 10. The van der Waals surface area contributed by atoms with Gasteiger partial charge in [-0.1, -0.05) is 159 Å². The molecule has 2 aliphatic rings. The van der Waals surface area contributed by atoms with E-state index in [1.807, 2.05) is 163 Å². The Bertz CT molecular complexity index is 3640. The smallest absolute Gasteiger partial charge is 0.194 e. The first-order chi connectivity index (χ1) is 35.9. The summed E-state index contributed by atoms with van der Waals surface area (Å²) in [5, 5.41) is 0. The van der Waals surface area contributed by atoms with Crippen molar-refractivity contribution in [2.45, 2.75) is 10.8 Å². The Morgan fingerprint density at radius 2 is 0.676 bits per heavy atom. The van der Waals surface area contributed by atoms with Gasteiger partial charge >= 0.3 is 0 Å². The molecule has 10 aromatic rings. The van der Waals surface area contributed by atoms with Crippen LogP contribution in [0.1, 0.15) is 55.6 Å².